The first-order valence-corrected chi connectivity index (χ1v) is 4.14. The Bertz CT molecular complexity index is 435. The van der Waals surface area contributed by atoms with Gasteiger partial charge in [0.25, 0.3) is 5.91 Å². The van der Waals surface area contributed by atoms with Gasteiger partial charge in [0.15, 0.2) is 0 Å². The zero-order valence-electron chi connectivity index (χ0n) is 6.91. The van der Waals surface area contributed by atoms with Gasteiger partial charge < -0.3 is 4.98 Å². The molecule has 0 radical (unpaired) electrons. The minimum Gasteiger partial charge on any atom is -0.356 e. The Hall–Kier alpha value is -1.82. The molecule has 0 aliphatic carbocycles. The van der Waals surface area contributed by atoms with Crippen molar-refractivity contribution in [2.24, 2.45) is 0 Å². The Balaban J connectivity index is 2.10. The van der Waals surface area contributed by atoms with Crippen molar-refractivity contribution < 1.29 is 4.79 Å². The molecule has 2 heterocycles. The summed E-state index contributed by atoms with van der Waals surface area (Å²) in [7, 11) is 0. The average molecular weight is 212 g/mol. The molecule has 72 valence electrons. The number of H-pyrrole nitrogens is 2. The van der Waals surface area contributed by atoms with E-state index in [9.17, 15) is 4.79 Å². The Kier molecular flexibility index (Phi) is 2.19. The number of amides is 1. The van der Waals surface area contributed by atoms with Crippen LogP contribution in [0.25, 0.3) is 0 Å². The molecule has 7 heteroatoms. The zero-order valence-corrected chi connectivity index (χ0v) is 7.67. The maximum absolute atomic E-state index is 11.4. The van der Waals surface area contributed by atoms with Crippen molar-refractivity contribution in [1.29, 1.82) is 0 Å². The van der Waals surface area contributed by atoms with E-state index in [0.717, 1.165) is 0 Å². The van der Waals surface area contributed by atoms with Gasteiger partial charge >= 0.3 is 0 Å². The van der Waals surface area contributed by atoms with Crippen LogP contribution in [0, 0.1) is 0 Å². The van der Waals surface area contributed by atoms with Crippen LogP contribution >= 0.6 is 11.6 Å². The van der Waals surface area contributed by atoms with Crippen molar-refractivity contribution in [2.45, 2.75) is 0 Å². The fraction of sp³-hybridized carbons (Fsp3) is 0. The third-order valence-electron chi connectivity index (χ3n) is 1.54. The lowest BCUT2D eigenvalue weighted by Crippen LogP contribution is -2.13. The van der Waals surface area contributed by atoms with Crippen molar-refractivity contribution in [3.8, 4) is 0 Å². The van der Waals surface area contributed by atoms with Crippen molar-refractivity contribution >= 4 is 23.5 Å². The van der Waals surface area contributed by atoms with Crippen LogP contribution in [0.15, 0.2) is 18.6 Å². The average Bonchev–Trinajstić information content (AvgIpc) is 2.75. The number of hydrogen-bond donors (Lipinski definition) is 3. The van der Waals surface area contributed by atoms with Crippen LogP contribution in [0.5, 0.6) is 0 Å². The molecular formula is C7H6ClN5O. The standard InChI is InChI=1S/C7H6ClN5O/c8-4-1-5(9-2-4)6(14)12-7-10-3-11-13-7/h1-3,9H,(H2,10,11,12,13,14). The molecule has 0 fully saturated rings. The molecular weight excluding hydrogens is 206 g/mol. The summed E-state index contributed by atoms with van der Waals surface area (Å²) in [6.45, 7) is 0. The number of aromatic amines is 2. The fourth-order valence-electron chi connectivity index (χ4n) is 0.940. The number of anilines is 1. The van der Waals surface area contributed by atoms with Crippen molar-refractivity contribution in [3.05, 3.63) is 29.3 Å². The summed E-state index contributed by atoms with van der Waals surface area (Å²) < 4.78 is 0. The summed E-state index contributed by atoms with van der Waals surface area (Å²) in [4.78, 5) is 17.9. The monoisotopic (exact) mass is 211 g/mol. The van der Waals surface area contributed by atoms with E-state index in [4.69, 9.17) is 11.6 Å². The van der Waals surface area contributed by atoms with Gasteiger partial charge in [-0.1, -0.05) is 11.6 Å². The molecule has 0 saturated carbocycles. The van der Waals surface area contributed by atoms with E-state index < -0.39 is 0 Å². The van der Waals surface area contributed by atoms with Crippen LogP contribution < -0.4 is 5.32 Å². The van der Waals surface area contributed by atoms with Gasteiger partial charge in [0, 0.05) is 6.20 Å². The molecule has 0 saturated heterocycles. The van der Waals surface area contributed by atoms with Crippen molar-refractivity contribution in [2.75, 3.05) is 5.32 Å². The van der Waals surface area contributed by atoms with Crippen LogP contribution in [0.2, 0.25) is 5.02 Å². The number of halogens is 1. The van der Waals surface area contributed by atoms with Gasteiger partial charge in [0.05, 0.1) is 5.02 Å². The maximum atomic E-state index is 11.4. The molecule has 2 rings (SSSR count). The first kappa shape index (κ1) is 8.76. The quantitative estimate of drug-likeness (QED) is 0.694. The normalized spacial score (nSPS) is 10.1. The Morgan fingerprint density at radius 2 is 2.43 bits per heavy atom. The van der Waals surface area contributed by atoms with Gasteiger partial charge in [-0.05, 0) is 6.07 Å². The molecule has 0 unspecified atom stereocenters. The Morgan fingerprint density at radius 3 is 3.00 bits per heavy atom. The minimum atomic E-state index is -0.325. The lowest BCUT2D eigenvalue weighted by molar-refractivity contribution is 0.102. The molecule has 0 aliphatic rings. The largest absolute Gasteiger partial charge is 0.356 e. The molecule has 1 amide bonds. The molecule has 2 aromatic heterocycles. The summed E-state index contributed by atoms with van der Waals surface area (Å²) in [5.74, 6) is -0.0330. The van der Waals surface area contributed by atoms with Gasteiger partial charge in [-0.2, -0.15) is 10.1 Å². The maximum Gasteiger partial charge on any atom is 0.274 e. The predicted molar refractivity (Wildman–Crippen MR) is 50.1 cm³/mol. The number of nitrogens with one attached hydrogen (secondary N) is 3. The molecule has 6 nitrogen and oxygen atoms in total. The second-order valence-electron chi connectivity index (χ2n) is 2.52. The molecule has 0 aliphatic heterocycles. The first-order valence-electron chi connectivity index (χ1n) is 3.76. The van der Waals surface area contributed by atoms with E-state index >= 15 is 0 Å². The van der Waals surface area contributed by atoms with Crippen LogP contribution in [-0.2, 0) is 0 Å². The number of carbonyl (C=O) groups excluding carboxylic acids is 1. The van der Waals surface area contributed by atoms with E-state index in [1.807, 2.05) is 0 Å². The highest BCUT2D eigenvalue weighted by atomic mass is 35.5. The molecule has 0 atom stereocenters. The highest BCUT2D eigenvalue weighted by Gasteiger charge is 2.08. The van der Waals surface area contributed by atoms with Gasteiger partial charge in [0.1, 0.15) is 12.0 Å². The first-order chi connectivity index (χ1) is 6.75. The van der Waals surface area contributed by atoms with Crippen LogP contribution in [0.4, 0.5) is 5.95 Å². The number of rotatable bonds is 2. The number of carbonyl (C=O) groups is 1. The van der Waals surface area contributed by atoms with Gasteiger partial charge in [-0.3, -0.25) is 10.1 Å². The lowest BCUT2D eigenvalue weighted by Gasteiger charge is -1.96. The van der Waals surface area contributed by atoms with Gasteiger partial charge in [-0.25, -0.2) is 5.10 Å². The summed E-state index contributed by atoms with van der Waals surface area (Å²) in [5, 5.41) is 9.06. The number of aromatic nitrogens is 4. The zero-order chi connectivity index (χ0) is 9.97. The van der Waals surface area contributed by atoms with Crippen LogP contribution in [0.1, 0.15) is 10.5 Å². The van der Waals surface area contributed by atoms with Gasteiger partial charge in [-0.15, -0.1) is 0 Å². The second-order valence-corrected chi connectivity index (χ2v) is 2.96. The van der Waals surface area contributed by atoms with Gasteiger partial charge in [0.2, 0.25) is 5.95 Å². The minimum absolute atomic E-state index is 0.292. The Labute approximate surface area is 83.7 Å². The molecule has 0 aromatic carbocycles. The SMILES string of the molecule is O=C(Nc1ncn[nH]1)c1cc(Cl)c[nH]1. The highest BCUT2D eigenvalue weighted by molar-refractivity contribution is 6.31. The van der Waals surface area contributed by atoms with E-state index in [2.05, 4.69) is 25.5 Å². The summed E-state index contributed by atoms with van der Waals surface area (Å²) in [6, 6.07) is 1.52. The predicted octanol–water partition coefficient (Wildman–Crippen LogP) is 1.04. The smallest absolute Gasteiger partial charge is 0.274 e. The summed E-state index contributed by atoms with van der Waals surface area (Å²) >= 11 is 5.64. The topological polar surface area (TPSA) is 86.5 Å². The van der Waals surface area contributed by atoms with E-state index in [1.165, 1.54) is 18.6 Å². The van der Waals surface area contributed by atoms with E-state index in [-0.39, 0.29) is 5.91 Å². The van der Waals surface area contributed by atoms with E-state index in [1.54, 1.807) is 0 Å². The van der Waals surface area contributed by atoms with Crippen molar-refractivity contribution in [3.63, 3.8) is 0 Å². The lowest BCUT2D eigenvalue weighted by atomic mass is 10.4. The van der Waals surface area contributed by atoms with E-state index in [0.29, 0.717) is 16.7 Å². The molecule has 0 bridgehead atoms. The molecule has 14 heavy (non-hydrogen) atoms. The number of nitrogens with zero attached hydrogens (tertiary/aromatic N) is 2. The van der Waals surface area contributed by atoms with Crippen molar-refractivity contribution in [1.82, 2.24) is 20.2 Å². The molecule has 0 spiro atoms. The molecule has 2 aromatic rings. The van der Waals surface area contributed by atoms with Crippen LogP contribution in [0.3, 0.4) is 0 Å². The molecule has 3 N–H and O–H groups in total. The Morgan fingerprint density at radius 1 is 1.57 bits per heavy atom. The third-order valence-corrected chi connectivity index (χ3v) is 1.76. The summed E-state index contributed by atoms with van der Waals surface area (Å²) in [6.07, 6.45) is 2.83. The third kappa shape index (κ3) is 1.74. The number of hydrogen-bond acceptors (Lipinski definition) is 3. The fourth-order valence-corrected chi connectivity index (χ4v) is 1.10. The summed E-state index contributed by atoms with van der Waals surface area (Å²) in [5.41, 5.74) is 0.367. The highest BCUT2D eigenvalue weighted by Crippen LogP contribution is 2.10. The second kappa shape index (κ2) is 3.51. The van der Waals surface area contributed by atoms with Crippen LogP contribution in [-0.4, -0.2) is 26.1 Å².